The van der Waals surface area contributed by atoms with Crippen molar-refractivity contribution in [1.82, 2.24) is 0 Å². The highest BCUT2D eigenvalue weighted by Crippen LogP contribution is 2.27. The van der Waals surface area contributed by atoms with Gasteiger partial charge in [0, 0.05) is 10.0 Å². The molecule has 1 aromatic carbocycles. The number of carboxylic acid groups (broad SMARTS) is 1. The molecule has 0 aliphatic carbocycles. The molecule has 0 bridgehead atoms. The minimum atomic E-state index is -3.89. The van der Waals surface area contributed by atoms with E-state index < -0.39 is 26.3 Å². The van der Waals surface area contributed by atoms with Crippen molar-refractivity contribution in [1.29, 1.82) is 0 Å². The molecule has 1 rings (SSSR count). The molecule has 0 atom stereocenters. The molecule has 0 spiro atoms. The van der Waals surface area contributed by atoms with Gasteiger partial charge in [-0.2, -0.15) is 0 Å². The second-order valence-electron chi connectivity index (χ2n) is 4.31. The van der Waals surface area contributed by atoms with E-state index in [0.29, 0.717) is 10.6 Å². The molecular weight excluding hydrogens is 299 g/mol. The lowest BCUT2D eigenvalue weighted by molar-refractivity contribution is -0.139. The number of rotatable bonds is 4. The predicted molar refractivity (Wildman–Crippen MR) is 70.8 cm³/mol. The third-order valence-electron chi connectivity index (χ3n) is 2.65. The molecule has 0 aliphatic heterocycles. The van der Waals surface area contributed by atoms with Crippen molar-refractivity contribution in [2.75, 3.05) is 0 Å². The molecule has 0 unspecified atom stereocenters. The van der Waals surface area contributed by atoms with Crippen LogP contribution >= 0.6 is 23.2 Å². The van der Waals surface area contributed by atoms with Crippen LogP contribution < -0.4 is 0 Å². The summed E-state index contributed by atoms with van der Waals surface area (Å²) in [6, 6.07) is 4.42. The minimum absolute atomic E-state index is 0.240. The van der Waals surface area contributed by atoms with Crippen molar-refractivity contribution in [2.24, 2.45) is 0 Å². The van der Waals surface area contributed by atoms with Crippen LogP contribution in [0.5, 0.6) is 0 Å². The SMILES string of the molecule is CC(C)(C(=O)O)S(=O)(=O)Cc1cc(Cl)ccc1Cl. The van der Waals surface area contributed by atoms with Crippen LogP contribution in [-0.4, -0.2) is 24.2 Å². The summed E-state index contributed by atoms with van der Waals surface area (Å²) in [5.41, 5.74) is 0.290. The van der Waals surface area contributed by atoms with Gasteiger partial charge in [-0.3, -0.25) is 4.79 Å². The molecule has 0 aromatic heterocycles. The minimum Gasteiger partial charge on any atom is -0.480 e. The molecule has 0 aliphatic rings. The fourth-order valence-electron chi connectivity index (χ4n) is 1.17. The molecule has 4 nitrogen and oxygen atoms in total. The fourth-order valence-corrected chi connectivity index (χ4v) is 2.91. The summed E-state index contributed by atoms with van der Waals surface area (Å²) in [5.74, 6) is -1.87. The average Bonchev–Trinajstić information content (AvgIpc) is 2.22. The lowest BCUT2D eigenvalue weighted by Crippen LogP contribution is -2.41. The maximum absolute atomic E-state index is 12.0. The summed E-state index contributed by atoms with van der Waals surface area (Å²) >= 11 is 11.6. The Morgan fingerprint density at radius 2 is 1.89 bits per heavy atom. The molecule has 1 N–H and O–H groups in total. The van der Waals surface area contributed by atoms with Gasteiger partial charge in [-0.25, -0.2) is 8.42 Å². The molecule has 0 saturated heterocycles. The summed E-state index contributed by atoms with van der Waals surface area (Å²) in [6.07, 6.45) is 0. The molecule has 1 aromatic rings. The molecular formula is C11H12Cl2O4S. The van der Waals surface area contributed by atoms with E-state index in [4.69, 9.17) is 28.3 Å². The van der Waals surface area contributed by atoms with Crippen LogP contribution in [-0.2, 0) is 20.4 Å². The summed E-state index contributed by atoms with van der Waals surface area (Å²) in [6.45, 7) is 2.28. The average molecular weight is 311 g/mol. The van der Waals surface area contributed by atoms with Gasteiger partial charge in [-0.05, 0) is 37.6 Å². The maximum Gasteiger partial charge on any atom is 0.324 e. The van der Waals surface area contributed by atoms with Gasteiger partial charge in [-0.1, -0.05) is 23.2 Å². The number of benzene rings is 1. The van der Waals surface area contributed by atoms with Gasteiger partial charge >= 0.3 is 5.97 Å². The van der Waals surface area contributed by atoms with Crippen molar-refractivity contribution in [2.45, 2.75) is 24.3 Å². The zero-order valence-corrected chi connectivity index (χ0v) is 12.1. The van der Waals surface area contributed by atoms with Crippen molar-refractivity contribution in [3.05, 3.63) is 33.8 Å². The van der Waals surface area contributed by atoms with Gasteiger partial charge in [0.05, 0.1) is 5.75 Å². The smallest absolute Gasteiger partial charge is 0.324 e. The van der Waals surface area contributed by atoms with Gasteiger partial charge in [0.2, 0.25) is 0 Å². The van der Waals surface area contributed by atoms with E-state index in [1.54, 1.807) is 0 Å². The van der Waals surface area contributed by atoms with Gasteiger partial charge in [0.1, 0.15) is 0 Å². The second-order valence-corrected chi connectivity index (χ2v) is 7.69. The van der Waals surface area contributed by atoms with Gasteiger partial charge in [0.25, 0.3) is 0 Å². The summed E-state index contributed by atoms with van der Waals surface area (Å²) in [7, 11) is -3.89. The zero-order valence-electron chi connectivity index (χ0n) is 9.78. The second kappa shape index (κ2) is 5.07. The highest BCUT2D eigenvalue weighted by molar-refractivity contribution is 7.92. The van der Waals surface area contributed by atoms with Crippen molar-refractivity contribution < 1.29 is 18.3 Å². The Kier molecular flexibility index (Phi) is 4.30. The van der Waals surface area contributed by atoms with Gasteiger partial charge < -0.3 is 5.11 Å². The first-order valence-corrected chi connectivity index (χ1v) is 7.38. The highest BCUT2D eigenvalue weighted by Gasteiger charge is 2.41. The van der Waals surface area contributed by atoms with Gasteiger partial charge in [-0.15, -0.1) is 0 Å². The maximum atomic E-state index is 12.0. The van der Waals surface area contributed by atoms with E-state index in [2.05, 4.69) is 0 Å². The largest absolute Gasteiger partial charge is 0.480 e. The van der Waals surface area contributed by atoms with Crippen LogP contribution in [0, 0.1) is 0 Å². The van der Waals surface area contributed by atoms with E-state index in [0.717, 1.165) is 13.8 Å². The number of carboxylic acids is 1. The normalized spacial score (nSPS) is 12.4. The van der Waals surface area contributed by atoms with Crippen LogP contribution in [0.2, 0.25) is 10.0 Å². The molecule has 0 fully saturated rings. The van der Waals surface area contributed by atoms with Crippen molar-refractivity contribution in [3.8, 4) is 0 Å². The first-order valence-electron chi connectivity index (χ1n) is 4.97. The zero-order chi connectivity index (χ0) is 14.1. The standard InChI is InChI=1S/C11H12Cl2O4S/c1-11(2,10(14)15)18(16,17)6-7-5-8(12)3-4-9(7)13/h3-5H,6H2,1-2H3,(H,14,15). The van der Waals surface area contributed by atoms with Crippen molar-refractivity contribution in [3.63, 3.8) is 0 Å². The quantitative estimate of drug-likeness (QED) is 0.928. The number of aliphatic carboxylic acids is 1. The van der Waals surface area contributed by atoms with E-state index in [1.165, 1.54) is 18.2 Å². The topological polar surface area (TPSA) is 71.4 Å². The first kappa shape index (κ1) is 15.3. The van der Waals surface area contributed by atoms with Crippen LogP contribution in [0.4, 0.5) is 0 Å². The molecule has 0 heterocycles. The van der Waals surface area contributed by atoms with Crippen LogP contribution in [0.1, 0.15) is 19.4 Å². The number of carbonyl (C=O) groups is 1. The monoisotopic (exact) mass is 310 g/mol. The third-order valence-corrected chi connectivity index (χ3v) is 5.67. The Hall–Kier alpha value is -0.780. The Morgan fingerprint density at radius 3 is 2.39 bits per heavy atom. The van der Waals surface area contributed by atoms with Crippen LogP contribution in [0.15, 0.2) is 18.2 Å². The number of hydrogen-bond donors (Lipinski definition) is 1. The Balaban J connectivity index is 3.18. The van der Waals surface area contributed by atoms with Crippen LogP contribution in [0.3, 0.4) is 0 Å². The Bertz CT molecular complexity index is 579. The molecule has 7 heteroatoms. The molecule has 0 amide bonds. The Labute approximate surface area is 115 Å². The van der Waals surface area contributed by atoms with Gasteiger partial charge in [0.15, 0.2) is 14.6 Å². The lowest BCUT2D eigenvalue weighted by Gasteiger charge is -2.20. The summed E-state index contributed by atoms with van der Waals surface area (Å²) in [4.78, 5) is 11.0. The highest BCUT2D eigenvalue weighted by atomic mass is 35.5. The molecule has 0 radical (unpaired) electrons. The lowest BCUT2D eigenvalue weighted by atomic mass is 10.2. The van der Waals surface area contributed by atoms with Crippen LogP contribution in [0.25, 0.3) is 0 Å². The molecule has 0 saturated carbocycles. The fraction of sp³-hybridized carbons (Fsp3) is 0.364. The molecule has 100 valence electrons. The van der Waals surface area contributed by atoms with E-state index in [1.807, 2.05) is 0 Å². The number of sulfone groups is 1. The number of hydrogen-bond acceptors (Lipinski definition) is 3. The van der Waals surface area contributed by atoms with Crippen molar-refractivity contribution >= 4 is 39.0 Å². The molecule has 18 heavy (non-hydrogen) atoms. The van der Waals surface area contributed by atoms with E-state index in [9.17, 15) is 13.2 Å². The summed E-state index contributed by atoms with van der Waals surface area (Å²) < 4.78 is 22.2. The number of halogens is 2. The first-order chi connectivity index (χ1) is 8.08. The Morgan fingerprint density at radius 1 is 1.33 bits per heavy atom. The third kappa shape index (κ3) is 2.96. The van der Waals surface area contributed by atoms with E-state index >= 15 is 0 Å². The summed E-state index contributed by atoms with van der Waals surface area (Å²) in [5, 5.41) is 9.53. The van der Waals surface area contributed by atoms with E-state index in [-0.39, 0.29) is 5.02 Å². The predicted octanol–water partition coefficient (Wildman–Crippen LogP) is 2.77.